The third-order valence-electron chi connectivity index (χ3n) is 5.09. The summed E-state index contributed by atoms with van der Waals surface area (Å²) in [7, 11) is 0. The smallest absolute Gasteiger partial charge is 0.0953 e. The maximum Gasteiger partial charge on any atom is 0.0953 e. The summed E-state index contributed by atoms with van der Waals surface area (Å²) < 4.78 is 1.11. The molecule has 0 spiro atoms. The highest BCUT2D eigenvalue weighted by Gasteiger charge is 2.54. The molecule has 2 fully saturated rings. The minimum Gasteiger partial charge on any atom is -0.387 e. The van der Waals surface area contributed by atoms with Crippen LogP contribution in [-0.2, 0) is 0 Å². The van der Waals surface area contributed by atoms with Crippen molar-refractivity contribution < 1.29 is 5.11 Å². The lowest BCUT2D eigenvalue weighted by atomic mass is 9.69. The summed E-state index contributed by atoms with van der Waals surface area (Å²) in [5.74, 6) is 1.43. The zero-order valence-electron chi connectivity index (χ0n) is 10.7. The second-order valence-corrected chi connectivity index (χ2v) is 8.12. The van der Waals surface area contributed by atoms with Gasteiger partial charge < -0.3 is 10.8 Å². The molecular weight excluding hydrogens is 310 g/mol. The summed E-state index contributed by atoms with van der Waals surface area (Å²) in [6, 6.07) is 2.08. The number of aliphatic hydroxyl groups excluding tert-OH is 1. The number of fused-ring (bicyclic) bond motifs is 2. The summed E-state index contributed by atoms with van der Waals surface area (Å²) >= 11 is 5.24. The van der Waals surface area contributed by atoms with Gasteiger partial charge in [0, 0.05) is 26.2 Å². The van der Waals surface area contributed by atoms with Crippen molar-refractivity contribution in [2.45, 2.75) is 38.7 Å². The normalized spacial score (nSPS) is 36.2. The molecule has 1 aromatic heterocycles. The third-order valence-corrected chi connectivity index (χ3v) is 7.28. The highest BCUT2D eigenvalue weighted by molar-refractivity contribution is 9.10. The van der Waals surface area contributed by atoms with Crippen molar-refractivity contribution in [3.05, 3.63) is 20.3 Å². The Balaban J connectivity index is 1.92. The van der Waals surface area contributed by atoms with E-state index in [9.17, 15) is 5.11 Å². The van der Waals surface area contributed by atoms with Gasteiger partial charge in [0.25, 0.3) is 0 Å². The van der Waals surface area contributed by atoms with Crippen LogP contribution in [0.5, 0.6) is 0 Å². The predicted octanol–water partition coefficient (Wildman–Crippen LogP) is 3.62. The monoisotopic (exact) mass is 329 g/mol. The molecule has 100 valence electrons. The maximum absolute atomic E-state index is 10.8. The zero-order valence-corrected chi connectivity index (χ0v) is 13.1. The molecule has 2 aliphatic rings. The standard InChI is InChI=1S/C14H20BrNOS/c1-8-11(15)5-12(18-8)13(17)14(7-16)6-9-2-3-10(14)4-9/h5,9-10,13,17H,2-4,6-7,16H2,1H3. The lowest BCUT2D eigenvalue weighted by Gasteiger charge is -2.40. The predicted molar refractivity (Wildman–Crippen MR) is 78.7 cm³/mol. The number of hydrogen-bond acceptors (Lipinski definition) is 3. The van der Waals surface area contributed by atoms with E-state index in [1.54, 1.807) is 11.3 Å². The lowest BCUT2D eigenvalue weighted by Crippen LogP contribution is -2.41. The topological polar surface area (TPSA) is 46.2 Å². The van der Waals surface area contributed by atoms with Crippen molar-refractivity contribution in [1.82, 2.24) is 0 Å². The van der Waals surface area contributed by atoms with E-state index in [0.29, 0.717) is 12.5 Å². The summed E-state index contributed by atoms with van der Waals surface area (Å²) in [4.78, 5) is 2.32. The Bertz CT molecular complexity index is 441. The number of aliphatic hydroxyl groups is 1. The van der Waals surface area contributed by atoms with E-state index in [1.807, 2.05) is 0 Å². The molecule has 4 heteroatoms. The number of hydrogen-bond donors (Lipinski definition) is 2. The largest absolute Gasteiger partial charge is 0.387 e. The first-order valence-electron chi connectivity index (χ1n) is 6.71. The van der Waals surface area contributed by atoms with Crippen LogP contribution in [-0.4, -0.2) is 11.7 Å². The van der Waals surface area contributed by atoms with Gasteiger partial charge in [0.2, 0.25) is 0 Å². The van der Waals surface area contributed by atoms with Crippen LogP contribution in [0.15, 0.2) is 10.5 Å². The Morgan fingerprint density at radius 2 is 2.39 bits per heavy atom. The molecule has 0 radical (unpaired) electrons. The highest BCUT2D eigenvalue weighted by Crippen LogP contribution is 2.61. The van der Waals surface area contributed by atoms with Gasteiger partial charge in [0.05, 0.1) is 6.10 Å². The van der Waals surface area contributed by atoms with Gasteiger partial charge in [-0.05, 0) is 60.0 Å². The number of thiophene rings is 1. The van der Waals surface area contributed by atoms with E-state index in [1.165, 1.54) is 24.1 Å². The van der Waals surface area contributed by atoms with E-state index < -0.39 is 0 Å². The van der Waals surface area contributed by atoms with E-state index in [4.69, 9.17) is 5.73 Å². The van der Waals surface area contributed by atoms with Gasteiger partial charge in [0.1, 0.15) is 0 Å². The quantitative estimate of drug-likeness (QED) is 0.889. The molecule has 0 amide bonds. The van der Waals surface area contributed by atoms with Crippen molar-refractivity contribution in [3.8, 4) is 0 Å². The minimum absolute atomic E-state index is 0.0559. The SMILES string of the molecule is Cc1sc(C(O)C2(CN)CC3CCC2C3)cc1Br. The van der Waals surface area contributed by atoms with Crippen LogP contribution in [0.2, 0.25) is 0 Å². The first-order valence-corrected chi connectivity index (χ1v) is 8.31. The fourth-order valence-electron chi connectivity index (χ4n) is 4.08. The second kappa shape index (κ2) is 4.58. The van der Waals surface area contributed by atoms with E-state index >= 15 is 0 Å². The molecule has 3 rings (SSSR count). The fourth-order valence-corrected chi connectivity index (χ4v) is 5.76. The third kappa shape index (κ3) is 1.80. The van der Waals surface area contributed by atoms with Gasteiger partial charge in [-0.15, -0.1) is 11.3 Å². The molecule has 3 N–H and O–H groups in total. The Morgan fingerprint density at radius 1 is 1.61 bits per heavy atom. The molecule has 4 unspecified atom stereocenters. The van der Waals surface area contributed by atoms with E-state index in [-0.39, 0.29) is 11.5 Å². The van der Waals surface area contributed by atoms with Crippen LogP contribution in [0.4, 0.5) is 0 Å². The average molecular weight is 330 g/mol. The Morgan fingerprint density at radius 3 is 2.83 bits per heavy atom. The molecule has 1 aromatic rings. The maximum atomic E-state index is 10.8. The van der Waals surface area contributed by atoms with Crippen LogP contribution in [0.3, 0.4) is 0 Å². The second-order valence-electron chi connectivity index (χ2n) is 5.97. The van der Waals surface area contributed by atoms with E-state index in [2.05, 4.69) is 28.9 Å². The van der Waals surface area contributed by atoms with Gasteiger partial charge in [-0.25, -0.2) is 0 Å². The van der Waals surface area contributed by atoms with Gasteiger partial charge in [-0.2, -0.15) is 0 Å². The number of rotatable bonds is 3. The molecule has 1 heterocycles. The number of nitrogens with two attached hydrogens (primary N) is 1. The number of aryl methyl sites for hydroxylation is 1. The molecule has 2 aliphatic carbocycles. The van der Waals surface area contributed by atoms with Gasteiger partial charge >= 0.3 is 0 Å². The van der Waals surface area contributed by atoms with Crippen LogP contribution >= 0.6 is 27.3 Å². The van der Waals surface area contributed by atoms with Crippen LogP contribution in [0.1, 0.15) is 41.5 Å². The fraction of sp³-hybridized carbons (Fsp3) is 0.714. The number of halogens is 1. The van der Waals surface area contributed by atoms with Gasteiger partial charge in [-0.1, -0.05) is 6.42 Å². The first kappa shape index (κ1) is 13.1. The zero-order chi connectivity index (χ0) is 12.9. The molecule has 4 atom stereocenters. The molecule has 0 saturated heterocycles. The van der Waals surface area contributed by atoms with Gasteiger partial charge in [-0.3, -0.25) is 0 Å². The lowest BCUT2D eigenvalue weighted by molar-refractivity contribution is -0.0107. The van der Waals surface area contributed by atoms with Crippen molar-refractivity contribution in [2.75, 3.05) is 6.54 Å². The average Bonchev–Trinajstić information content (AvgIpc) is 3.04. The van der Waals surface area contributed by atoms with Crippen LogP contribution in [0.25, 0.3) is 0 Å². The molecule has 2 bridgehead atoms. The van der Waals surface area contributed by atoms with Crippen molar-refractivity contribution in [1.29, 1.82) is 0 Å². The molecule has 2 nitrogen and oxygen atoms in total. The van der Waals surface area contributed by atoms with Crippen LogP contribution < -0.4 is 5.73 Å². The van der Waals surface area contributed by atoms with Crippen molar-refractivity contribution >= 4 is 27.3 Å². The van der Waals surface area contributed by atoms with Gasteiger partial charge in [0.15, 0.2) is 0 Å². The summed E-state index contributed by atoms with van der Waals surface area (Å²) in [6.45, 7) is 2.70. The van der Waals surface area contributed by atoms with Crippen molar-refractivity contribution in [2.24, 2.45) is 23.0 Å². The molecule has 2 saturated carbocycles. The highest BCUT2D eigenvalue weighted by atomic mass is 79.9. The molecule has 0 aliphatic heterocycles. The van der Waals surface area contributed by atoms with Crippen molar-refractivity contribution in [3.63, 3.8) is 0 Å². The Hall–Kier alpha value is 0.100. The Kier molecular flexibility index (Phi) is 3.34. The summed E-state index contributed by atoms with van der Waals surface area (Å²) in [5.41, 5.74) is 6.02. The van der Waals surface area contributed by atoms with Crippen LogP contribution in [0, 0.1) is 24.2 Å². The Labute approximate surface area is 121 Å². The first-order chi connectivity index (χ1) is 8.56. The minimum atomic E-state index is -0.382. The molecule has 0 aromatic carbocycles. The summed E-state index contributed by atoms with van der Waals surface area (Å²) in [6.07, 6.45) is 4.60. The molecular formula is C14H20BrNOS. The summed E-state index contributed by atoms with van der Waals surface area (Å²) in [5, 5.41) is 10.8. The van der Waals surface area contributed by atoms with E-state index in [0.717, 1.165) is 21.7 Å². The molecule has 18 heavy (non-hydrogen) atoms.